The van der Waals surface area contributed by atoms with E-state index in [-0.39, 0.29) is 0 Å². The van der Waals surface area contributed by atoms with Crippen LogP contribution in [0.4, 0.5) is 0 Å². The highest BCUT2D eigenvalue weighted by molar-refractivity contribution is 7.19. The van der Waals surface area contributed by atoms with Crippen LogP contribution in [0.5, 0.6) is 17.2 Å². The summed E-state index contributed by atoms with van der Waals surface area (Å²) in [7, 11) is 4.80. The summed E-state index contributed by atoms with van der Waals surface area (Å²) in [5.41, 5.74) is 2.88. The van der Waals surface area contributed by atoms with Crippen molar-refractivity contribution >= 4 is 27.1 Å². The number of fused-ring (bicyclic) bond motifs is 2. The first-order chi connectivity index (χ1) is 14.7. The van der Waals surface area contributed by atoms with Crippen LogP contribution in [0, 0.1) is 0 Å². The second-order valence-electron chi connectivity index (χ2n) is 6.70. The zero-order valence-corrected chi connectivity index (χ0v) is 17.6. The lowest BCUT2D eigenvalue weighted by Gasteiger charge is -2.13. The molecule has 0 amide bonds. The van der Waals surface area contributed by atoms with E-state index in [1.807, 2.05) is 35.0 Å². The lowest BCUT2D eigenvalue weighted by Crippen LogP contribution is -1.95. The topological polar surface area (TPSA) is 57.9 Å². The first-order valence-corrected chi connectivity index (χ1v) is 10.2. The zero-order valence-electron chi connectivity index (χ0n) is 16.7. The molecule has 0 saturated carbocycles. The molecule has 0 bridgehead atoms. The van der Waals surface area contributed by atoms with E-state index in [1.54, 1.807) is 21.3 Å². The summed E-state index contributed by atoms with van der Waals surface area (Å²) in [6.07, 6.45) is 1.97. The summed E-state index contributed by atoms with van der Waals surface area (Å²) in [4.78, 5) is 5.65. The standard InChI is InChI=1S/C23H19N3O3S/c1-27-19-11-15(12-20(28-2)21(19)29-3)22-25-26-13-18(24-23(26)30-22)17-10-6-8-14-7-4-5-9-16(14)17/h4-13H,1-3H3. The Morgan fingerprint density at radius 3 is 2.30 bits per heavy atom. The van der Waals surface area contributed by atoms with Gasteiger partial charge in [0.1, 0.15) is 5.01 Å². The largest absolute Gasteiger partial charge is 0.493 e. The van der Waals surface area contributed by atoms with Gasteiger partial charge in [-0.25, -0.2) is 9.50 Å². The Hall–Kier alpha value is -3.58. The molecule has 0 saturated heterocycles. The van der Waals surface area contributed by atoms with Gasteiger partial charge >= 0.3 is 0 Å². The Balaban J connectivity index is 1.59. The number of ether oxygens (including phenoxy) is 3. The average molecular weight is 417 g/mol. The minimum Gasteiger partial charge on any atom is -0.493 e. The Kier molecular flexibility index (Phi) is 4.52. The molecule has 5 rings (SSSR count). The first kappa shape index (κ1) is 18.4. The second kappa shape index (κ2) is 7.35. The molecule has 0 aliphatic heterocycles. The fraction of sp³-hybridized carbons (Fsp3) is 0.130. The predicted molar refractivity (Wildman–Crippen MR) is 119 cm³/mol. The molecule has 5 aromatic rings. The van der Waals surface area contributed by atoms with Crippen molar-refractivity contribution in [2.45, 2.75) is 0 Å². The van der Waals surface area contributed by atoms with Crippen molar-refractivity contribution in [2.75, 3.05) is 21.3 Å². The van der Waals surface area contributed by atoms with E-state index in [9.17, 15) is 0 Å². The van der Waals surface area contributed by atoms with E-state index in [2.05, 4.69) is 30.3 Å². The van der Waals surface area contributed by atoms with Crippen LogP contribution >= 0.6 is 11.3 Å². The SMILES string of the molecule is COc1cc(-c2nn3cc(-c4cccc5ccccc45)nc3s2)cc(OC)c1OC. The van der Waals surface area contributed by atoms with Crippen LogP contribution in [0.25, 0.3) is 37.6 Å². The van der Waals surface area contributed by atoms with Crippen molar-refractivity contribution in [3.05, 3.63) is 60.8 Å². The van der Waals surface area contributed by atoms with Gasteiger partial charge in [0.05, 0.1) is 33.2 Å². The van der Waals surface area contributed by atoms with E-state index in [1.165, 1.54) is 22.1 Å². The summed E-state index contributed by atoms with van der Waals surface area (Å²) in [6.45, 7) is 0. The van der Waals surface area contributed by atoms with Crippen LogP contribution < -0.4 is 14.2 Å². The minimum atomic E-state index is 0.559. The van der Waals surface area contributed by atoms with Crippen LogP contribution in [-0.4, -0.2) is 35.9 Å². The van der Waals surface area contributed by atoms with Gasteiger partial charge in [-0.3, -0.25) is 0 Å². The molecule has 0 aliphatic carbocycles. The molecule has 6 nitrogen and oxygen atoms in total. The molecule has 30 heavy (non-hydrogen) atoms. The number of rotatable bonds is 5. The maximum absolute atomic E-state index is 5.46. The molecule has 2 aromatic heterocycles. The molecule has 0 aliphatic rings. The third kappa shape index (κ3) is 2.95. The monoisotopic (exact) mass is 417 g/mol. The molecular formula is C23H19N3O3S. The van der Waals surface area contributed by atoms with Crippen molar-refractivity contribution in [1.82, 2.24) is 14.6 Å². The molecule has 0 fully saturated rings. The van der Waals surface area contributed by atoms with E-state index < -0.39 is 0 Å². The molecule has 150 valence electrons. The van der Waals surface area contributed by atoms with Gasteiger partial charge in [-0.2, -0.15) is 5.10 Å². The maximum atomic E-state index is 5.46. The normalized spacial score (nSPS) is 11.2. The van der Waals surface area contributed by atoms with E-state index in [0.717, 1.165) is 26.8 Å². The highest BCUT2D eigenvalue weighted by Gasteiger charge is 2.18. The van der Waals surface area contributed by atoms with Crippen molar-refractivity contribution < 1.29 is 14.2 Å². The van der Waals surface area contributed by atoms with Crippen LogP contribution in [0.1, 0.15) is 0 Å². The van der Waals surface area contributed by atoms with Crippen molar-refractivity contribution in [3.8, 4) is 39.1 Å². The Bertz CT molecular complexity index is 1310. The summed E-state index contributed by atoms with van der Waals surface area (Å²) in [5, 5.41) is 7.93. The van der Waals surface area contributed by atoms with Gasteiger partial charge in [-0.1, -0.05) is 53.8 Å². The molecule has 0 spiro atoms. The molecule has 7 heteroatoms. The summed E-state index contributed by atoms with van der Waals surface area (Å²) in [5.74, 6) is 1.75. The van der Waals surface area contributed by atoms with Gasteiger partial charge in [-0.15, -0.1) is 0 Å². The Morgan fingerprint density at radius 2 is 1.60 bits per heavy atom. The summed E-state index contributed by atoms with van der Waals surface area (Å²) in [6, 6.07) is 18.4. The van der Waals surface area contributed by atoms with Gasteiger partial charge < -0.3 is 14.2 Å². The number of benzene rings is 3. The Labute approximate surface area is 177 Å². The van der Waals surface area contributed by atoms with Gasteiger partial charge in [0.2, 0.25) is 10.7 Å². The third-order valence-electron chi connectivity index (χ3n) is 5.02. The number of aromatic nitrogens is 3. The van der Waals surface area contributed by atoms with Crippen LogP contribution in [0.3, 0.4) is 0 Å². The lowest BCUT2D eigenvalue weighted by molar-refractivity contribution is 0.324. The maximum Gasteiger partial charge on any atom is 0.213 e. The molecule has 0 N–H and O–H groups in total. The number of imidazole rings is 1. The summed E-state index contributed by atoms with van der Waals surface area (Å²) >= 11 is 1.51. The zero-order chi connectivity index (χ0) is 20.7. The second-order valence-corrected chi connectivity index (χ2v) is 7.66. The highest BCUT2D eigenvalue weighted by atomic mass is 32.1. The van der Waals surface area contributed by atoms with Crippen molar-refractivity contribution in [3.63, 3.8) is 0 Å². The van der Waals surface area contributed by atoms with Gasteiger partial charge in [0.25, 0.3) is 0 Å². The lowest BCUT2D eigenvalue weighted by atomic mass is 10.0. The number of hydrogen-bond donors (Lipinski definition) is 0. The van der Waals surface area contributed by atoms with E-state index in [0.29, 0.717) is 17.2 Å². The minimum absolute atomic E-state index is 0.559. The van der Waals surface area contributed by atoms with Crippen molar-refractivity contribution in [1.29, 1.82) is 0 Å². The summed E-state index contributed by atoms with van der Waals surface area (Å²) < 4.78 is 18.2. The smallest absolute Gasteiger partial charge is 0.213 e. The predicted octanol–water partition coefficient (Wildman–Crippen LogP) is 5.30. The van der Waals surface area contributed by atoms with E-state index >= 15 is 0 Å². The van der Waals surface area contributed by atoms with Crippen LogP contribution in [0.2, 0.25) is 0 Å². The average Bonchev–Trinajstić information content (AvgIpc) is 3.37. The quantitative estimate of drug-likeness (QED) is 0.388. The number of nitrogens with zero attached hydrogens (tertiary/aromatic N) is 3. The molecular weight excluding hydrogens is 398 g/mol. The molecule has 0 atom stereocenters. The fourth-order valence-corrected chi connectivity index (χ4v) is 4.47. The molecule has 2 heterocycles. The van der Waals surface area contributed by atoms with Crippen LogP contribution in [-0.2, 0) is 0 Å². The molecule has 0 radical (unpaired) electrons. The van der Waals surface area contributed by atoms with Gasteiger partial charge in [0.15, 0.2) is 11.5 Å². The van der Waals surface area contributed by atoms with E-state index in [4.69, 9.17) is 24.3 Å². The fourth-order valence-electron chi connectivity index (χ4n) is 3.60. The molecule has 0 unspecified atom stereocenters. The number of hydrogen-bond acceptors (Lipinski definition) is 6. The Morgan fingerprint density at radius 1 is 0.867 bits per heavy atom. The van der Waals surface area contributed by atoms with Gasteiger partial charge in [-0.05, 0) is 22.9 Å². The first-order valence-electron chi connectivity index (χ1n) is 9.36. The number of methoxy groups -OCH3 is 3. The highest BCUT2D eigenvalue weighted by Crippen LogP contribution is 2.42. The van der Waals surface area contributed by atoms with Crippen LogP contribution in [0.15, 0.2) is 60.8 Å². The van der Waals surface area contributed by atoms with Gasteiger partial charge in [0, 0.05) is 11.1 Å². The third-order valence-corrected chi connectivity index (χ3v) is 5.99. The molecule has 3 aromatic carbocycles. The van der Waals surface area contributed by atoms with Crippen molar-refractivity contribution in [2.24, 2.45) is 0 Å².